The zero-order chi connectivity index (χ0) is 14.2. The Morgan fingerprint density at radius 2 is 2.00 bits per heavy atom. The highest BCUT2D eigenvalue weighted by Gasteiger charge is 2.24. The number of hydrogen-bond acceptors (Lipinski definition) is 7. The van der Waals surface area contributed by atoms with Crippen LogP contribution in [0.4, 0.5) is 0 Å². The lowest BCUT2D eigenvalue weighted by Gasteiger charge is -2.13. The summed E-state index contributed by atoms with van der Waals surface area (Å²) in [7, 11) is -2.81. The molecular weight excluding hydrogens is 266 g/mol. The van der Waals surface area contributed by atoms with Crippen LogP contribution in [0.3, 0.4) is 0 Å². The normalized spacial score (nSPS) is 12.8. The van der Waals surface area contributed by atoms with Gasteiger partial charge in [-0.2, -0.15) is 4.72 Å². The fraction of sp³-hybridized carbons (Fsp3) is 0.778. The van der Waals surface area contributed by atoms with Gasteiger partial charge in [-0.25, -0.2) is 8.42 Å². The molecule has 0 amide bonds. The fourth-order valence-corrected chi connectivity index (χ4v) is 2.19. The molecule has 1 atom stereocenters. The second kappa shape index (κ2) is 8.01. The Morgan fingerprint density at radius 1 is 1.39 bits per heavy atom. The highest BCUT2D eigenvalue weighted by Crippen LogP contribution is 1.97. The van der Waals surface area contributed by atoms with Crippen LogP contribution in [0.1, 0.15) is 13.3 Å². The molecule has 0 aliphatic heterocycles. The number of aliphatic hydroxyl groups excluding tert-OH is 1. The lowest BCUT2D eigenvalue weighted by Crippen LogP contribution is -2.45. The van der Waals surface area contributed by atoms with Gasteiger partial charge in [0.15, 0.2) is 0 Å². The first kappa shape index (κ1) is 16.8. The van der Waals surface area contributed by atoms with Gasteiger partial charge in [-0.3, -0.25) is 9.59 Å². The molecule has 18 heavy (non-hydrogen) atoms. The minimum atomic E-state index is -3.87. The first-order valence-corrected chi connectivity index (χ1v) is 6.85. The van der Waals surface area contributed by atoms with Crippen molar-refractivity contribution in [3.63, 3.8) is 0 Å². The Hall–Kier alpha value is -1.19. The van der Waals surface area contributed by atoms with Crippen LogP contribution in [0.25, 0.3) is 0 Å². The van der Waals surface area contributed by atoms with Gasteiger partial charge in [-0.1, -0.05) is 0 Å². The molecule has 0 saturated carbocycles. The third-order valence-electron chi connectivity index (χ3n) is 1.87. The first-order valence-electron chi connectivity index (χ1n) is 5.20. The topological polar surface area (TPSA) is 119 Å². The number of esters is 2. The summed E-state index contributed by atoms with van der Waals surface area (Å²) >= 11 is 0. The van der Waals surface area contributed by atoms with Crippen LogP contribution >= 0.6 is 0 Å². The molecule has 2 N–H and O–H groups in total. The summed E-state index contributed by atoms with van der Waals surface area (Å²) in [5, 5.41) is 8.83. The summed E-state index contributed by atoms with van der Waals surface area (Å²) in [6, 6.07) is -1.37. The van der Waals surface area contributed by atoms with Crippen molar-refractivity contribution in [1.82, 2.24) is 4.72 Å². The molecule has 0 aliphatic carbocycles. The number of carbonyl (C=O) groups excluding carboxylic acids is 2. The maximum Gasteiger partial charge on any atom is 0.326 e. The first-order chi connectivity index (χ1) is 8.36. The molecule has 0 fully saturated rings. The van der Waals surface area contributed by atoms with Crippen molar-refractivity contribution in [2.45, 2.75) is 19.4 Å². The zero-order valence-corrected chi connectivity index (χ0v) is 11.0. The van der Waals surface area contributed by atoms with Crippen LogP contribution < -0.4 is 4.72 Å². The molecule has 9 heteroatoms. The summed E-state index contributed by atoms with van der Waals surface area (Å²) < 4.78 is 33.8. The molecule has 0 radical (unpaired) electrons. The maximum atomic E-state index is 11.5. The lowest BCUT2D eigenvalue weighted by atomic mass is 10.3. The molecule has 106 valence electrons. The van der Waals surface area contributed by atoms with Gasteiger partial charge >= 0.3 is 11.9 Å². The number of methoxy groups -OCH3 is 1. The van der Waals surface area contributed by atoms with Gasteiger partial charge in [0.25, 0.3) is 0 Å². The Bertz CT molecular complexity index is 378. The zero-order valence-electron chi connectivity index (χ0n) is 10.2. The van der Waals surface area contributed by atoms with Crippen LogP contribution in [0.5, 0.6) is 0 Å². The fourth-order valence-electron chi connectivity index (χ4n) is 1.03. The van der Waals surface area contributed by atoms with Crippen LogP contribution in [-0.4, -0.2) is 57.6 Å². The smallest absolute Gasteiger partial charge is 0.326 e. The van der Waals surface area contributed by atoms with Gasteiger partial charge in [-0.05, 0) is 6.92 Å². The average Bonchev–Trinajstić information content (AvgIpc) is 2.33. The van der Waals surface area contributed by atoms with Gasteiger partial charge in [0.1, 0.15) is 6.04 Å². The van der Waals surface area contributed by atoms with Gasteiger partial charge in [0.2, 0.25) is 10.0 Å². The van der Waals surface area contributed by atoms with Crippen LogP contribution in [0.2, 0.25) is 0 Å². The Labute approximate surface area is 105 Å². The standard InChI is InChI=1S/C9H17NO7S/c1-3-17-8(12)4-5-18(14,15)10-7(6-11)9(13)16-2/h7,10-11H,3-6H2,1-2H3. The van der Waals surface area contributed by atoms with Gasteiger partial charge in [0, 0.05) is 0 Å². The van der Waals surface area contributed by atoms with Crippen molar-refractivity contribution in [2.24, 2.45) is 0 Å². The Morgan fingerprint density at radius 3 is 2.44 bits per heavy atom. The van der Waals surface area contributed by atoms with E-state index >= 15 is 0 Å². The number of nitrogens with one attached hydrogen (secondary N) is 1. The van der Waals surface area contributed by atoms with E-state index in [-0.39, 0.29) is 13.0 Å². The van der Waals surface area contributed by atoms with E-state index in [1.54, 1.807) is 6.92 Å². The second-order valence-electron chi connectivity index (χ2n) is 3.25. The van der Waals surface area contributed by atoms with Crippen LogP contribution in [0.15, 0.2) is 0 Å². The van der Waals surface area contributed by atoms with E-state index in [1.807, 2.05) is 4.72 Å². The lowest BCUT2D eigenvalue weighted by molar-refractivity contribution is -0.143. The van der Waals surface area contributed by atoms with Gasteiger partial charge in [0.05, 0.1) is 32.5 Å². The quantitative estimate of drug-likeness (QED) is 0.514. The van der Waals surface area contributed by atoms with Crippen molar-refractivity contribution in [2.75, 3.05) is 26.1 Å². The van der Waals surface area contributed by atoms with Crippen LogP contribution in [-0.2, 0) is 29.1 Å². The van der Waals surface area contributed by atoms with Gasteiger partial charge < -0.3 is 14.6 Å². The van der Waals surface area contributed by atoms with E-state index in [9.17, 15) is 18.0 Å². The third kappa shape index (κ3) is 6.52. The maximum absolute atomic E-state index is 11.5. The second-order valence-corrected chi connectivity index (χ2v) is 5.12. The number of sulfonamides is 1. The molecule has 0 aromatic carbocycles. The minimum Gasteiger partial charge on any atom is -0.468 e. The van der Waals surface area contributed by atoms with Crippen molar-refractivity contribution in [1.29, 1.82) is 0 Å². The predicted molar refractivity (Wildman–Crippen MR) is 61.1 cm³/mol. The van der Waals surface area contributed by atoms with E-state index in [0.717, 1.165) is 7.11 Å². The molecule has 0 saturated heterocycles. The molecule has 8 nitrogen and oxygen atoms in total. The minimum absolute atomic E-state index is 0.160. The third-order valence-corrected chi connectivity index (χ3v) is 3.26. The molecule has 1 unspecified atom stereocenters. The van der Waals surface area contributed by atoms with Crippen molar-refractivity contribution in [3.8, 4) is 0 Å². The van der Waals surface area contributed by atoms with E-state index in [4.69, 9.17) is 5.11 Å². The highest BCUT2D eigenvalue weighted by molar-refractivity contribution is 7.89. The number of hydrogen-bond donors (Lipinski definition) is 2. The molecule has 0 aliphatic rings. The van der Waals surface area contributed by atoms with E-state index < -0.39 is 40.4 Å². The average molecular weight is 283 g/mol. The van der Waals surface area contributed by atoms with Crippen molar-refractivity contribution >= 4 is 22.0 Å². The number of rotatable bonds is 8. The number of ether oxygens (including phenoxy) is 2. The van der Waals surface area contributed by atoms with E-state index in [0.29, 0.717) is 0 Å². The Kier molecular flexibility index (Phi) is 7.48. The monoisotopic (exact) mass is 283 g/mol. The summed E-state index contributed by atoms with van der Waals surface area (Å²) in [5.74, 6) is -2.09. The molecule has 0 rings (SSSR count). The van der Waals surface area contributed by atoms with E-state index in [1.165, 1.54) is 0 Å². The summed E-state index contributed by atoms with van der Waals surface area (Å²) in [4.78, 5) is 22.0. The predicted octanol–water partition coefficient (Wildman–Crippen LogP) is -1.61. The molecule has 0 aromatic rings. The number of carbonyl (C=O) groups is 2. The van der Waals surface area contributed by atoms with Crippen LogP contribution in [0, 0.1) is 0 Å². The molecular formula is C9H17NO7S. The summed E-state index contributed by atoms with van der Waals surface area (Å²) in [6.07, 6.45) is -0.331. The molecule has 0 bridgehead atoms. The highest BCUT2D eigenvalue weighted by atomic mass is 32.2. The van der Waals surface area contributed by atoms with E-state index in [2.05, 4.69) is 9.47 Å². The van der Waals surface area contributed by atoms with Gasteiger partial charge in [-0.15, -0.1) is 0 Å². The number of aliphatic hydroxyl groups is 1. The van der Waals surface area contributed by atoms with Crippen molar-refractivity contribution in [3.05, 3.63) is 0 Å². The summed E-state index contributed by atoms with van der Waals surface area (Å²) in [6.45, 7) is 1.03. The largest absolute Gasteiger partial charge is 0.468 e. The molecule has 0 heterocycles. The summed E-state index contributed by atoms with van der Waals surface area (Å²) in [5.41, 5.74) is 0. The molecule has 0 spiro atoms. The van der Waals surface area contributed by atoms with Crippen molar-refractivity contribution < 1.29 is 32.6 Å². The molecule has 0 aromatic heterocycles. The Balaban J connectivity index is 4.37. The SMILES string of the molecule is CCOC(=O)CCS(=O)(=O)NC(CO)C(=O)OC.